The third kappa shape index (κ3) is 4.74. The van der Waals surface area contributed by atoms with Crippen LogP contribution in [0.3, 0.4) is 0 Å². The third-order valence-corrected chi connectivity index (χ3v) is 5.21. The van der Waals surface area contributed by atoms with Crippen molar-refractivity contribution in [3.05, 3.63) is 64.7 Å². The summed E-state index contributed by atoms with van der Waals surface area (Å²) in [5, 5.41) is 3.05. The number of benzene rings is 2. The van der Waals surface area contributed by atoms with Crippen molar-refractivity contribution in [3.8, 4) is 0 Å². The first-order chi connectivity index (χ1) is 12.9. The van der Waals surface area contributed by atoms with Gasteiger partial charge in [0.25, 0.3) is 11.8 Å². The summed E-state index contributed by atoms with van der Waals surface area (Å²) in [6, 6.07) is 13.7. The monoisotopic (exact) mass is 366 g/mol. The predicted molar refractivity (Wildman–Crippen MR) is 107 cm³/mol. The lowest BCUT2D eigenvalue weighted by Crippen LogP contribution is -3.15. The minimum absolute atomic E-state index is 0.0284. The number of amides is 2. The van der Waals surface area contributed by atoms with Crippen LogP contribution in [0.15, 0.2) is 42.5 Å². The average Bonchev–Trinajstić information content (AvgIpc) is 2.65. The Hall–Kier alpha value is -2.66. The van der Waals surface area contributed by atoms with Gasteiger partial charge in [0.2, 0.25) is 0 Å². The molecule has 1 aliphatic rings. The van der Waals surface area contributed by atoms with Gasteiger partial charge in [0.05, 0.1) is 26.2 Å². The first-order valence-electron chi connectivity index (χ1n) is 9.49. The third-order valence-electron chi connectivity index (χ3n) is 5.21. The van der Waals surface area contributed by atoms with E-state index in [1.54, 1.807) is 0 Å². The van der Waals surface area contributed by atoms with Crippen LogP contribution in [0.1, 0.15) is 27.0 Å². The topological polar surface area (TPSA) is 53.9 Å². The van der Waals surface area contributed by atoms with Gasteiger partial charge in [0, 0.05) is 11.3 Å². The zero-order chi connectivity index (χ0) is 19.4. The van der Waals surface area contributed by atoms with Gasteiger partial charge in [-0.3, -0.25) is 9.59 Å². The van der Waals surface area contributed by atoms with Gasteiger partial charge in [-0.15, -0.1) is 0 Å². The van der Waals surface area contributed by atoms with Crippen LogP contribution in [-0.2, 0) is 4.79 Å². The van der Waals surface area contributed by atoms with Gasteiger partial charge in [-0.05, 0) is 44.0 Å². The van der Waals surface area contributed by atoms with Crippen LogP contribution in [0.4, 0.5) is 5.69 Å². The Morgan fingerprint density at radius 3 is 2.15 bits per heavy atom. The molecule has 0 atom stereocenters. The Balaban J connectivity index is 1.51. The largest absolute Gasteiger partial charge is 0.327 e. The second kappa shape index (κ2) is 8.35. The molecule has 2 N–H and O–H groups in total. The van der Waals surface area contributed by atoms with Crippen molar-refractivity contribution in [1.82, 2.24) is 4.90 Å². The summed E-state index contributed by atoms with van der Waals surface area (Å²) in [4.78, 5) is 28.1. The second-order valence-electron chi connectivity index (χ2n) is 7.40. The molecule has 0 radical (unpaired) electrons. The summed E-state index contributed by atoms with van der Waals surface area (Å²) in [5.41, 5.74) is 4.95. The number of piperazine rings is 1. The second-order valence-corrected chi connectivity index (χ2v) is 7.40. The summed E-state index contributed by atoms with van der Waals surface area (Å²) >= 11 is 0. The molecule has 5 nitrogen and oxygen atoms in total. The molecule has 1 saturated heterocycles. The highest BCUT2D eigenvalue weighted by Gasteiger charge is 2.26. The van der Waals surface area contributed by atoms with Gasteiger partial charge in [-0.2, -0.15) is 0 Å². The van der Waals surface area contributed by atoms with Crippen LogP contribution in [0, 0.1) is 20.8 Å². The highest BCUT2D eigenvalue weighted by molar-refractivity contribution is 5.94. The molecule has 0 saturated carbocycles. The molecule has 0 bridgehead atoms. The lowest BCUT2D eigenvalue weighted by Gasteiger charge is -2.32. The molecule has 0 aromatic heterocycles. The van der Waals surface area contributed by atoms with Crippen molar-refractivity contribution in [2.24, 2.45) is 0 Å². The number of carbonyl (C=O) groups excluding carboxylic acids is 2. The Morgan fingerprint density at radius 1 is 0.963 bits per heavy atom. The number of quaternary nitrogens is 1. The number of anilines is 1. The Bertz CT molecular complexity index is 802. The highest BCUT2D eigenvalue weighted by atomic mass is 16.2. The Morgan fingerprint density at radius 2 is 1.56 bits per heavy atom. The number of para-hydroxylation sites is 1. The normalized spacial score (nSPS) is 14.9. The smallest absolute Gasteiger partial charge is 0.279 e. The quantitative estimate of drug-likeness (QED) is 0.864. The van der Waals surface area contributed by atoms with Crippen molar-refractivity contribution in [3.63, 3.8) is 0 Å². The zero-order valence-electron chi connectivity index (χ0n) is 16.3. The first kappa shape index (κ1) is 19.1. The molecule has 142 valence electrons. The van der Waals surface area contributed by atoms with E-state index in [0.29, 0.717) is 19.6 Å². The number of nitrogens with zero attached hydrogens (tertiary/aromatic N) is 1. The van der Waals surface area contributed by atoms with E-state index in [9.17, 15) is 9.59 Å². The number of aryl methyl sites for hydroxylation is 3. The highest BCUT2D eigenvalue weighted by Crippen LogP contribution is 2.18. The van der Waals surface area contributed by atoms with Crippen LogP contribution in [0.2, 0.25) is 0 Å². The van der Waals surface area contributed by atoms with Crippen molar-refractivity contribution in [2.75, 3.05) is 38.0 Å². The van der Waals surface area contributed by atoms with Crippen LogP contribution in [-0.4, -0.2) is 49.4 Å². The van der Waals surface area contributed by atoms with Crippen molar-refractivity contribution < 1.29 is 14.5 Å². The molecule has 2 aromatic rings. The van der Waals surface area contributed by atoms with Crippen LogP contribution < -0.4 is 10.2 Å². The molecule has 0 aliphatic carbocycles. The van der Waals surface area contributed by atoms with E-state index in [4.69, 9.17) is 0 Å². The average molecular weight is 366 g/mol. The van der Waals surface area contributed by atoms with E-state index in [1.807, 2.05) is 68.1 Å². The van der Waals surface area contributed by atoms with Crippen molar-refractivity contribution >= 4 is 17.5 Å². The molecular formula is C22H28N3O2+. The minimum Gasteiger partial charge on any atom is -0.327 e. The lowest BCUT2D eigenvalue weighted by atomic mass is 10.1. The molecule has 0 unspecified atom stereocenters. The fourth-order valence-corrected chi connectivity index (χ4v) is 3.50. The van der Waals surface area contributed by atoms with Gasteiger partial charge in [-0.1, -0.05) is 35.9 Å². The van der Waals surface area contributed by atoms with E-state index in [1.165, 1.54) is 4.90 Å². The molecule has 2 aromatic carbocycles. The van der Waals surface area contributed by atoms with E-state index >= 15 is 0 Å². The minimum atomic E-state index is 0.0284. The molecule has 27 heavy (non-hydrogen) atoms. The number of hydrogen-bond acceptors (Lipinski definition) is 2. The lowest BCUT2D eigenvalue weighted by molar-refractivity contribution is -0.895. The number of nitrogens with one attached hydrogen (secondary N) is 2. The molecule has 1 fully saturated rings. The maximum absolute atomic E-state index is 12.6. The van der Waals surface area contributed by atoms with Gasteiger partial charge in [0.1, 0.15) is 0 Å². The molecule has 0 spiro atoms. The summed E-state index contributed by atoms with van der Waals surface area (Å²) in [5.74, 6) is 0.106. The van der Waals surface area contributed by atoms with Gasteiger partial charge >= 0.3 is 0 Å². The fraction of sp³-hybridized carbons (Fsp3) is 0.364. The van der Waals surface area contributed by atoms with E-state index < -0.39 is 0 Å². The van der Waals surface area contributed by atoms with E-state index in [-0.39, 0.29) is 11.8 Å². The van der Waals surface area contributed by atoms with Crippen LogP contribution in [0.5, 0.6) is 0 Å². The fourth-order valence-electron chi connectivity index (χ4n) is 3.50. The molecule has 2 amide bonds. The summed E-state index contributed by atoms with van der Waals surface area (Å²) in [6.45, 7) is 9.39. The summed E-state index contributed by atoms with van der Waals surface area (Å²) in [7, 11) is 0. The van der Waals surface area contributed by atoms with Gasteiger partial charge in [-0.25, -0.2) is 0 Å². The maximum Gasteiger partial charge on any atom is 0.279 e. The summed E-state index contributed by atoms with van der Waals surface area (Å²) < 4.78 is 0. The number of carbonyl (C=O) groups is 2. The molecule has 5 heteroatoms. The van der Waals surface area contributed by atoms with E-state index in [2.05, 4.69) is 5.32 Å². The molecule has 1 aliphatic heterocycles. The molecular weight excluding hydrogens is 338 g/mol. The van der Waals surface area contributed by atoms with Crippen molar-refractivity contribution in [2.45, 2.75) is 20.8 Å². The molecule has 3 rings (SSSR count). The Labute approximate surface area is 161 Å². The van der Waals surface area contributed by atoms with Crippen LogP contribution >= 0.6 is 0 Å². The van der Waals surface area contributed by atoms with Crippen molar-refractivity contribution in [1.29, 1.82) is 0 Å². The van der Waals surface area contributed by atoms with Crippen LogP contribution in [0.25, 0.3) is 0 Å². The van der Waals surface area contributed by atoms with E-state index in [0.717, 1.165) is 41.0 Å². The predicted octanol–water partition coefficient (Wildman–Crippen LogP) is 1.59. The number of hydrogen-bond donors (Lipinski definition) is 2. The summed E-state index contributed by atoms with van der Waals surface area (Å²) in [6.07, 6.45) is 0. The maximum atomic E-state index is 12.6. The van der Waals surface area contributed by atoms with Gasteiger partial charge in [0.15, 0.2) is 6.54 Å². The standard InChI is InChI=1S/C22H27N3O2/c1-16-7-9-19(10-8-16)22(27)25-13-11-24(12-14-25)15-20(26)23-21-17(2)5-4-6-18(21)3/h4-10H,11-15H2,1-3H3,(H,23,26)/p+1. The SMILES string of the molecule is Cc1ccc(C(=O)N2CC[NH+](CC(=O)Nc3c(C)cccc3C)CC2)cc1. The van der Waals surface area contributed by atoms with Gasteiger partial charge < -0.3 is 15.1 Å². The first-order valence-corrected chi connectivity index (χ1v) is 9.49. The Kier molecular flexibility index (Phi) is 5.91. The zero-order valence-corrected chi connectivity index (χ0v) is 16.3. The molecule has 1 heterocycles. The number of rotatable bonds is 4.